The highest BCUT2D eigenvalue weighted by atomic mass is 19.1. The van der Waals surface area contributed by atoms with Gasteiger partial charge in [-0.25, -0.2) is 19.3 Å². The first-order valence-electron chi connectivity index (χ1n) is 10.9. The van der Waals surface area contributed by atoms with E-state index in [4.69, 9.17) is 4.74 Å². The van der Waals surface area contributed by atoms with E-state index in [2.05, 4.69) is 25.4 Å². The molecule has 1 fully saturated rings. The monoisotopic (exact) mass is 461 g/mol. The van der Waals surface area contributed by atoms with Crippen molar-refractivity contribution in [2.24, 2.45) is 7.05 Å². The fourth-order valence-corrected chi connectivity index (χ4v) is 4.24. The molecule has 1 amide bonds. The minimum Gasteiger partial charge on any atom is -0.493 e. The summed E-state index contributed by atoms with van der Waals surface area (Å²) in [5, 5.41) is 7.25. The fourth-order valence-electron chi connectivity index (χ4n) is 4.24. The normalized spacial score (nSPS) is 18.4. The van der Waals surface area contributed by atoms with Crippen molar-refractivity contribution in [1.82, 2.24) is 29.6 Å². The number of aromatic nitrogens is 5. The molecule has 1 N–H and O–H groups in total. The van der Waals surface area contributed by atoms with Crippen LogP contribution in [0, 0.1) is 0 Å². The van der Waals surface area contributed by atoms with Crippen LogP contribution in [0.5, 0.6) is 5.75 Å². The molecule has 1 aliphatic rings. The molecule has 0 bridgehead atoms. The third-order valence-electron chi connectivity index (χ3n) is 5.98. The number of likely N-dealkylation sites (tertiary alicyclic amines) is 1. The molecule has 1 aromatic carbocycles. The van der Waals surface area contributed by atoms with Gasteiger partial charge in [-0.2, -0.15) is 5.10 Å². The molecule has 174 valence electrons. The van der Waals surface area contributed by atoms with Crippen molar-refractivity contribution in [2.45, 2.75) is 12.1 Å². The molecule has 1 unspecified atom stereocenters. The summed E-state index contributed by atoms with van der Waals surface area (Å²) in [5.41, 5.74) is 1.95. The van der Waals surface area contributed by atoms with Gasteiger partial charge in [0.1, 0.15) is 23.2 Å². The lowest BCUT2D eigenvalue weighted by Gasteiger charge is -2.19. The molecule has 1 atom stereocenters. The molecule has 5 rings (SSSR count). The van der Waals surface area contributed by atoms with Gasteiger partial charge in [0.15, 0.2) is 11.6 Å². The second kappa shape index (κ2) is 8.45. The number of amides is 1. The topological polar surface area (TPSA) is 98.1 Å². The molecule has 0 spiro atoms. The van der Waals surface area contributed by atoms with E-state index in [1.54, 1.807) is 22.7 Å². The number of carbonyl (C=O) groups excluding carboxylic acids is 1. The number of anilines is 1. The van der Waals surface area contributed by atoms with E-state index in [-0.39, 0.29) is 24.5 Å². The Labute approximate surface area is 195 Å². The van der Waals surface area contributed by atoms with Gasteiger partial charge in [0.05, 0.1) is 12.6 Å². The number of hydrogen-bond donors (Lipinski definition) is 1. The summed E-state index contributed by atoms with van der Waals surface area (Å²) in [4.78, 5) is 28.1. The minimum atomic E-state index is -1.99. The average Bonchev–Trinajstić information content (AvgIpc) is 3.41. The summed E-state index contributed by atoms with van der Waals surface area (Å²) in [5.74, 6) is -0.338. The Balaban J connectivity index is 1.62. The number of alkyl halides is 1. The van der Waals surface area contributed by atoms with Crippen molar-refractivity contribution in [3.63, 3.8) is 0 Å². The van der Waals surface area contributed by atoms with E-state index in [0.717, 1.165) is 16.8 Å². The maximum atomic E-state index is 15.2. The zero-order valence-corrected chi connectivity index (χ0v) is 19.1. The first-order valence-corrected chi connectivity index (χ1v) is 10.9. The summed E-state index contributed by atoms with van der Waals surface area (Å²) in [6.07, 6.45) is 3.43. The molecule has 1 saturated heterocycles. The van der Waals surface area contributed by atoms with Crippen molar-refractivity contribution in [1.29, 1.82) is 0 Å². The molecule has 3 aromatic heterocycles. The van der Waals surface area contributed by atoms with E-state index >= 15 is 4.39 Å². The van der Waals surface area contributed by atoms with Gasteiger partial charge in [0.25, 0.3) is 5.91 Å². The van der Waals surface area contributed by atoms with Crippen molar-refractivity contribution >= 4 is 22.8 Å². The van der Waals surface area contributed by atoms with Crippen LogP contribution in [0.25, 0.3) is 33.5 Å². The number of aryl methyl sites for hydroxylation is 1. The molecule has 9 nitrogen and oxygen atoms in total. The summed E-state index contributed by atoms with van der Waals surface area (Å²) < 4.78 is 22.4. The number of ether oxygens (including phenoxy) is 1. The number of halogens is 1. The third-order valence-corrected chi connectivity index (χ3v) is 5.98. The second-order valence-corrected chi connectivity index (χ2v) is 8.47. The number of nitrogens with zero attached hydrogens (tertiary/aromatic N) is 6. The van der Waals surface area contributed by atoms with Gasteiger partial charge in [-0.3, -0.25) is 9.48 Å². The molecular formula is C24H24FN7O2. The summed E-state index contributed by atoms with van der Waals surface area (Å²) >= 11 is 0. The van der Waals surface area contributed by atoms with Crippen LogP contribution in [0.1, 0.15) is 6.42 Å². The maximum Gasteiger partial charge on any atom is 0.264 e. The number of fused-ring (bicyclic) bond motifs is 1. The van der Waals surface area contributed by atoms with Crippen LogP contribution in [0.3, 0.4) is 0 Å². The maximum absolute atomic E-state index is 15.2. The zero-order valence-electron chi connectivity index (χ0n) is 19.1. The van der Waals surface area contributed by atoms with Gasteiger partial charge in [-0.05, 0) is 7.05 Å². The number of benzene rings is 1. The second-order valence-electron chi connectivity index (χ2n) is 8.47. The minimum absolute atomic E-state index is 0.0270. The largest absolute Gasteiger partial charge is 0.493 e. The Kier molecular flexibility index (Phi) is 5.45. The van der Waals surface area contributed by atoms with Gasteiger partial charge in [-0.15, -0.1) is 0 Å². The smallest absolute Gasteiger partial charge is 0.264 e. The molecule has 0 radical (unpaired) electrons. The van der Waals surface area contributed by atoms with Crippen LogP contribution >= 0.6 is 0 Å². The summed E-state index contributed by atoms with van der Waals surface area (Å²) in [6.45, 7) is 0.534. The van der Waals surface area contributed by atoms with Crippen LogP contribution in [0.4, 0.5) is 10.2 Å². The SMILES string of the molecule is COc1cc2ncnc(-c3cn(C)nc3-c3ccccc3)c2nc1NC(=O)C1(F)CCN(C)C1. The van der Waals surface area contributed by atoms with Crippen molar-refractivity contribution in [2.75, 3.05) is 32.6 Å². The summed E-state index contributed by atoms with van der Waals surface area (Å²) in [6, 6.07) is 11.4. The van der Waals surface area contributed by atoms with E-state index in [1.165, 1.54) is 13.4 Å². The van der Waals surface area contributed by atoms with Gasteiger partial charge in [0.2, 0.25) is 5.67 Å². The predicted octanol–water partition coefficient (Wildman–Crippen LogP) is 3.08. The van der Waals surface area contributed by atoms with Gasteiger partial charge in [0, 0.05) is 49.9 Å². The average molecular weight is 462 g/mol. The molecule has 0 saturated carbocycles. The highest BCUT2D eigenvalue weighted by molar-refractivity contribution is 6.00. The Morgan fingerprint density at radius 3 is 2.68 bits per heavy atom. The highest BCUT2D eigenvalue weighted by Crippen LogP contribution is 2.36. The quantitative estimate of drug-likeness (QED) is 0.488. The van der Waals surface area contributed by atoms with Crippen LogP contribution < -0.4 is 10.1 Å². The first-order chi connectivity index (χ1) is 16.4. The molecule has 0 aliphatic carbocycles. The van der Waals surface area contributed by atoms with E-state index < -0.39 is 11.6 Å². The van der Waals surface area contributed by atoms with Crippen LogP contribution in [0.2, 0.25) is 0 Å². The van der Waals surface area contributed by atoms with Crippen molar-refractivity contribution in [3.8, 4) is 28.3 Å². The number of nitrogens with one attached hydrogen (secondary N) is 1. The number of methoxy groups -OCH3 is 1. The van der Waals surface area contributed by atoms with Crippen LogP contribution in [-0.2, 0) is 11.8 Å². The lowest BCUT2D eigenvalue weighted by atomic mass is 10.0. The third kappa shape index (κ3) is 3.86. The van der Waals surface area contributed by atoms with Gasteiger partial charge < -0.3 is 15.0 Å². The Morgan fingerprint density at radius 1 is 1.18 bits per heavy atom. The van der Waals surface area contributed by atoms with Gasteiger partial charge in [-0.1, -0.05) is 30.3 Å². The van der Waals surface area contributed by atoms with Crippen LogP contribution in [0.15, 0.2) is 48.9 Å². The number of carbonyl (C=O) groups is 1. The van der Waals surface area contributed by atoms with Crippen molar-refractivity contribution < 1.29 is 13.9 Å². The molecule has 10 heteroatoms. The lowest BCUT2D eigenvalue weighted by Crippen LogP contribution is -2.41. The number of rotatable bonds is 5. The van der Waals surface area contributed by atoms with E-state index in [1.807, 2.05) is 43.6 Å². The Bertz CT molecular complexity index is 1370. The molecule has 1 aliphatic heterocycles. The highest BCUT2D eigenvalue weighted by Gasteiger charge is 2.44. The lowest BCUT2D eigenvalue weighted by molar-refractivity contribution is -0.126. The molecule has 4 heterocycles. The number of hydrogen-bond acceptors (Lipinski definition) is 7. The van der Waals surface area contributed by atoms with E-state index in [0.29, 0.717) is 23.3 Å². The standard InChI is InChI=1S/C24H24FN7O2/c1-31-10-9-24(25,13-31)23(33)29-22-18(34-3)11-17-21(28-22)20(27-14-26-17)16-12-32(2)30-19(16)15-7-5-4-6-8-15/h4-8,11-12,14H,9-10,13H2,1-3H3,(H,28,29,33). The van der Waals surface area contributed by atoms with Gasteiger partial charge >= 0.3 is 0 Å². The van der Waals surface area contributed by atoms with Crippen molar-refractivity contribution in [3.05, 3.63) is 48.9 Å². The first kappa shape index (κ1) is 21.9. The number of pyridine rings is 1. The Morgan fingerprint density at radius 2 is 1.97 bits per heavy atom. The molecule has 34 heavy (non-hydrogen) atoms. The molecule has 4 aromatic rings. The summed E-state index contributed by atoms with van der Waals surface area (Å²) in [7, 11) is 5.08. The Hall–Kier alpha value is -3.92. The molecular weight excluding hydrogens is 437 g/mol. The fraction of sp³-hybridized carbons (Fsp3) is 0.292. The zero-order chi connectivity index (χ0) is 23.9. The van der Waals surface area contributed by atoms with Crippen LogP contribution in [-0.4, -0.2) is 68.5 Å². The van der Waals surface area contributed by atoms with E-state index in [9.17, 15) is 4.79 Å². The predicted molar refractivity (Wildman–Crippen MR) is 126 cm³/mol.